The van der Waals surface area contributed by atoms with Crippen LogP contribution in [0, 0.1) is 18.3 Å². The molecule has 2 saturated heterocycles. The normalized spacial score (nSPS) is 35.4. The van der Waals surface area contributed by atoms with Gasteiger partial charge in [-0.15, -0.1) is 6.42 Å². The highest BCUT2D eigenvalue weighted by molar-refractivity contribution is 6.25. The molecule has 0 saturated carbocycles. The number of ether oxygens (including phenoxy) is 2. The molecule has 0 radical (unpaired) electrons. The van der Waals surface area contributed by atoms with Gasteiger partial charge >= 0.3 is 6.09 Å². The van der Waals surface area contributed by atoms with Crippen molar-refractivity contribution in [2.45, 2.75) is 24.7 Å². The number of rotatable bonds is 5. The molecule has 0 aromatic carbocycles. The van der Waals surface area contributed by atoms with Crippen molar-refractivity contribution in [3.05, 3.63) is 22.5 Å². The number of fused-ring (bicyclic) bond motifs is 4. The lowest BCUT2D eigenvalue weighted by molar-refractivity contribution is -0.144. The maximum Gasteiger partial charge on any atom is 0.404 e. The van der Waals surface area contributed by atoms with E-state index in [1.54, 1.807) is 14.0 Å². The number of primary amides is 1. The zero-order valence-electron chi connectivity index (χ0n) is 15.9. The van der Waals surface area contributed by atoms with Crippen LogP contribution in [0.1, 0.15) is 6.92 Å². The molecule has 0 spiro atoms. The number of carbonyl (C=O) groups is 3. The molecular weight excluding hydrogens is 364 g/mol. The zero-order chi connectivity index (χ0) is 20.4. The number of piperazine rings is 1. The van der Waals surface area contributed by atoms with E-state index in [0.29, 0.717) is 17.8 Å². The molecule has 3 heterocycles. The summed E-state index contributed by atoms with van der Waals surface area (Å²) in [6.45, 7) is 2.12. The van der Waals surface area contributed by atoms with Crippen LogP contribution < -0.4 is 11.1 Å². The van der Waals surface area contributed by atoms with Crippen LogP contribution in [0.2, 0.25) is 0 Å². The van der Waals surface area contributed by atoms with E-state index in [2.05, 4.69) is 16.1 Å². The SMILES string of the molecule is C#CCNC1=C(C)C(=O)C2=C(C1=O)[C@@H](COC(N)=O)[C@@]1(OC)[C@@H]3C(CN21)N3C. The summed E-state index contributed by atoms with van der Waals surface area (Å²) in [5.74, 6) is 1.18. The minimum atomic E-state index is -0.966. The number of hydrogen-bond acceptors (Lipinski definition) is 8. The fourth-order valence-electron chi connectivity index (χ4n) is 5.07. The summed E-state index contributed by atoms with van der Waals surface area (Å²) < 4.78 is 11.1. The molecule has 0 aromatic rings. The van der Waals surface area contributed by atoms with Crippen molar-refractivity contribution in [1.82, 2.24) is 15.1 Å². The average molecular weight is 386 g/mol. The Morgan fingerprint density at radius 2 is 2.14 bits per heavy atom. The van der Waals surface area contributed by atoms with Gasteiger partial charge in [-0.1, -0.05) is 5.92 Å². The van der Waals surface area contributed by atoms with Gasteiger partial charge in [0.2, 0.25) is 11.6 Å². The monoisotopic (exact) mass is 386 g/mol. The Labute approximate surface area is 162 Å². The molecule has 0 aromatic heterocycles. The molecule has 3 aliphatic heterocycles. The second-order valence-electron chi connectivity index (χ2n) is 7.41. The molecule has 28 heavy (non-hydrogen) atoms. The zero-order valence-corrected chi connectivity index (χ0v) is 15.9. The van der Waals surface area contributed by atoms with Crippen molar-refractivity contribution < 1.29 is 23.9 Å². The molecule has 9 nitrogen and oxygen atoms in total. The van der Waals surface area contributed by atoms with Gasteiger partial charge in [0, 0.05) is 30.8 Å². The van der Waals surface area contributed by atoms with Crippen LogP contribution in [-0.2, 0) is 19.1 Å². The molecule has 2 unspecified atom stereocenters. The Hall–Kier alpha value is -2.83. The van der Waals surface area contributed by atoms with Crippen LogP contribution in [0.3, 0.4) is 0 Å². The molecule has 0 bridgehead atoms. The summed E-state index contributed by atoms with van der Waals surface area (Å²) >= 11 is 0. The molecular formula is C19H22N4O5. The minimum Gasteiger partial charge on any atom is -0.449 e. The van der Waals surface area contributed by atoms with Crippen LogP contribution in [-0.4, -0.2) is 79.1 Å². The molecule has 148 valence electrons. The highest BCUT2D eigenvalue weighted by Crippen LogP contribution is 2.59. The minimum absolute atomic E-state index is 0.0207. The molecule has 5 atom stereocenters. The van der Waals surface area contributed by atoms with Gasteiger partial charge in [-0.3, -0.25) is 14.5 Å². The highest BCUT2D eigenvalue weighted by atomic mass is 16.6. The topological polar surface area (TPSA) is 114 Å². The van der Waals surface area contributed by atoms with E-state index in [1.165, 1.54) is 0 Å². The summed E-state index contributed by atoms with van der Waals surface area (Å²) in [5.41, 5.74) is 5.32. The maximum atomic E-state index is 13.3. The van der Waals surface area contributed by atoms with Gasteiger partial charge in [0.15, 0.2) is 5.72 Å². The quantitative estimate of drug-likeness (QED) is 0.350. The predicted octanol–water partition coefficient (Wildman–Crippen LogP) is -1.04. The van der Waals surface area contributed by atoms with E-state index < -0.39 is 17.7 Å². The lowest BCUT2D eigenvalue weighted by atomic mass is 9.82. The second kappa shape index (κ2) is 6.09. The van der Waals surface area contributed by atoms with Crippen LogP contribution in [0.5, 0.6) is 0 Å². The molecule has 4 rings (SSSR count). The molecule has 2 fully saturated rings. The Bertz CT molecular complexity index is 900. The molecule has 4 aliphatic rings. The van der Waals surface area contributed by atoms with E-state index >= 15 is 0 Å². The van der Waals surface area contributed by atoms with Crippen molar-refractivity contribution in [3.8, 4) is 12.3 Å². The number of nitrogens with two attached hydrogens (primary N) is 1. The molecule has 3 N–H and O–H groups in total. The number of allylic oxidation sites excluding steroid dienone is 2. The Balaban J connectivity index is 1.81. The van der Waals surface area contributed by atoms with Gasteiger partial charge in [-0.25, -0.2) is 4.79 Å². The van der Waals surface area contributed by atoms with E-state index in [1.807, 2.05) is 11.9 Å². The van der Waals surface area contributed by atoms with Gasteiger partial charge in [-0.2, -0.15) is 0 Å². The first-order valence-corrected chi connectivity index (χ1v) is 8.99. The predicted molar refractivity (Wildman–Crippen MR) is 97.4 cm³/mol. The number of carbonyl (C=O) groups excluding carboxylic acids is 3. The average Bonchev–Trinajstić information content (AvgIpc) is 3.04. The van der Waals surface area contributed by atoms with Crippen molar-refractivity contribution in [1.29, 1.82) is 0 Å². The van der Waals surface area contributed by atoms with Crippen LogP contribution in [0.25, 0.3) is 0 Å². The fourth-order valence-corrected chi connectivity index (χ4v) is 5.07. The summed E-state index contributed by atoms with van der Waals surface area (Å²) in [7, 11) is 3.51. The summed E-state index contributed by atoms with van der Waals surface area (Å²) in [5, 5.41) is 2.86. The van der Waals surface area contributed by atoms with E-state index in [0.717, 1.165) is 0 Å². The number of hydrogen-bond donors (Lipinski definition) is 2. The molecule has 1 amide bonds. The number of nitrogens with zero attached hydrogens (tertiary/aromatic N) is 2. The number of methoxy groups -OCH3 is 1. The van der Waals surface area contributed by atoms with Crippen molar-refractivity contribution in [3.63, 3.8) is 0 Å². The lowest BCUT2D eigenvalue weighted by Gasteiger charge is -2.40. The molecule has 1 aliphatic carbocycles. The van der Waals surface area contributed by atoms with Crippen molar-refractivity contribution in [2.75, 3.05) is 33.9 Å². The van der Waals surface area contributed by atoms with Crippen LogP contribution in [0.15, 0.2) is 22.5 Å². The van der Waals surface area contributed by atoms with E-state index in [-0.39, 0.29) is 48.1 Å². The number of nitrogens with one attached hydrogen (secondary N) is 1. The van der Waals surface area contributed by atoms with Crippen LogP contribution in [0.4, 0.5) is 4.79 Å². The smallest absolute Gasteiger partial charge is 0.404 e. The largest absolute Gasteiger partial charge is 0.449 e. The van der Waals surface area contributed by atoms with Crippen LogP contribution >= 0.6 is 0 Å². The fraction of sp³-hybridized carbons (Fsp3) is 0.526. The van der Waals surface area contributed by atoms with Gasteiger partial charge in [0.25, 0.3) is 0 Å². The second-order valence-corrected chi connectivity index (χ2v) is 7.41. The summed E-state index contributed by atoms with van der Waals surface area (Å²) in [4.78, 5) is 41.8. The van der Waals surface area contributed by atoms with E-state index in [9.17, 15) is 14.4 Å². The number of likely N-dealkylation sites (N-methyl/N-ethyl adjacent to an activating group) is 1. The first kappa shape index (κ1) is 18.5. The number of terminal acetylenes is 1. The number of amides is 1. The highest BCUT2D eigenvalue weighted by Gasteiger charge is 2.75. The lowest BCUT2D eigenvalue weighted by Crippen LogP contribution is -2.55. The summed E-state index contributed by atoms with van der Waals surface area (Å²) in [6.07, 6.45) is 4.35. The Kier molecular flexibility index (Phi) is 4.03. The third-order valence-corrected chi connectivity index (χ3v) is 6.31. The van der Waals surface area contributed by atoms with Gasteiger partial charge < -0.3 is 25.4 Å². The number of ketones is 2. The van der Waals surface area contributed by atoms with Gasteiger partial charge in [-0.05, 0) is 14.0 Å². The van der Waals surface area contributed by atoms with Gasteiger partial charge in [0.05, 0.1) is 29.9 Å². The first-order chi connectivity index (χ1) is 13.3. The van der Waals surface area contributed by atoms with Gasteiger partial charge in [0.1, 0.15) is 6.61 Å². The van der Waals surface area contributed by atoms with E-state index in [4.69, 9.17) is 21.6 Å². The third kappa shape index (κ3) is 2.13. The Morgan fingerprint density at radius 1 is 1.43 bits per heavy atom. The maximum absolute atomic E-state index is 13.3. The standard InChI is InChI=1S/C19H22N4O5/c1-5-6-21-13-9(2)15(24)14-12(16(13)25)10(8-28-18(20)26)19(27-4)17-11(22(17)3)7-23(14)19/h1,10-11,17,21H,6-8H2,2-4H3,(H2,20,26)/t10-,11?,17+,19-,22?/m1/s1. The first-order valence-electron chi connectivity index (χ1n) is 8.99. The Morgan fingerprint density at radius 3 is 2.75 bits per heavy atom. The van der Waals surface area contributed by atoms with Crippen molar-refractivity contribution in [2.24, 2.45) is 11.7 Å². The summed E-state index contributed by atoms with van der Waals surface area (Å²) in [6, 6.07) is 0.186. The van der Waals surface area contributed by atoms with Crippen molar-refractivity contribution >= 4 is 17.7 Å². The number of Topliss-reactive ketones (excluding diaryl/α,β-unsaturated/α-hetero) is 2. The molecule has 9 heteroatoms. The third-order valence-electron chi connectivity index (χ3n) is 6.31.